The van der Waals surface area contributed by atoms with E-state index in [9.17, 15) is 9.00 Å². The second-order valence-corrected chi connectivity index (χ2v) is 5.28. The molecule has 0 fully saturated rings. The third kappa shape index (κ3) is 4.03. The predicted molar refractivity (Wildman–Crippen MR) is 72.0 cm³/mol. The van der Waals surface area contributed by atoms with Gasteiger partial charge in [-0.1, -0.05) is 0 Å². The SMILES string of the molecule is CNC(=O)CCCS(=O)c1ccc(N)cc1OC. The Morgan fingerprint density at radius 1 is 1.50 bits per heavy atom. The number of amides is 1. The molecule has 0 radical (unpaired) electrons. The fourth-order valence-corrected chi connectivity index (χ4v) is 2.68. The number of benzene rings is 1. The summed E-state index contributed by atoms with van der Waals surface area (Å²) in [4.78, 5) is 11.7. The van der Waals surface area contributed by atoms with Crippen molar-refractivity contribution >= 4 is 22.4 Å². The number of nitrogens with one attached hydrogen (secondary N) is 1. The monoisotopic (exact) mass is 270 g/mol. The van der Waals surface area contributed by atoms with Gasteiger partial charge in [0.25, 0.3) is 0 Å². The molecule has 0 aliphatic carbocycles. The van der Waals surface area contributed by atoms with Crippen molar-refractivity contribution in [1.82, 2.24) is 5.32 Å². The van der Waals surface area contributed by atoms with Crippen molar-refractivity contribution in [1.29, 1.82) is 0 Å². The zero-order valence-corrected chi connectivity index (χ0v) is 11.4. The molecule has 0 saturated carbocycles. The Morgan fingerprint density at radius 3 is 2.83 bits per heavy atom. The number of anilines is 1. The van der Waals surface area contributed by atoms with E-state index in [1.807, 2.05) is 0 Å². The van der Waals surface area contributed by atoms with E-state index in [4.69, 9.17) is 10.5 Å². The number of hydrogen-bond donors (Lipinski definition) is 2. The molecule has 1 aromatic rings. The third-order valence-electron chi connectivity index (χ3n) is 2.45. The van der Waals surface area contributed by atoms with Crippen molar-refractivity contribution in [3.05, 3.63) is 18.2 Å². The normalized spacial score (nSPS) is 11.9. The second-order valence-electron chi connectivity index (χ2n) is 3.74. The summed E-state index contributed by atoms with van der Waals surface area (Å²) in [5, 5.41) is 2.53. The molecule has 3 N–H and O–H groups in total. The van der Waals surface area contributed by atoms with Crippen LogP contribution in [-0.4, -0.2) is 30.0 Å². The van der Waals surface area contributed by atoms with Crippen molar-refractivity contribution in [3.8, 4) is 5.75 Å². The summed E-state index contributed by atoms with van der Waals surface area (Å²) in [5.74, 6) is 0.901. The molecular formula is C12H18N2O3S. The topological polar surface area (TPSA) is 81.4 Å². The fourth-order valence-electron chi connectivity index (χ4n) is 1.47. The minimum Gasteiger partial charge on any atom is -0.495 e. The maximum Gasteiger partial charge on any atom is 0.219 e. The molecule has 0 spiro atoms. The van der Waals surface area contributed by atoms with Crippen molar-refractivity contribution in [2.24, 2.45) is 0 Å². The van der Waals surface area contributed by atoms with Crippen LogP contribution in [0.3, 0.4) is 0 Å². The Hall–Kier alpha value is -1.56. The largest absolute Gasteiger partial charge is 0.495 e. The molecule has 1 aromatic carbocycles. The maximum absolute atomic E-state index is 12.1. The lowest BCUT2D eigenvalue weighted by Gasteiger charge is -2.08. The van der Waals surface area contributed by atoms with Gasteiger partial charge in [-0.15, -0.1) is 0 Å². The summed E-state index contributed by atoms with van der Waals surface area (Å²) in [7, 11) is 1.92. The quantitative estimate of drug-likeness (QED) is 0.753. The van der Waals surface area contributed by atoms with E-state index >= 15 is 0 Å². The molecule has 1 unspecified atom stereocenters. The first kappa shape index (κ1) is 14.5. The Bertz CT molecular complexity index is 449. The van der Waals surface area contributed by atoms with Crippen molar-refractivity contribution < 1.29 is 13.7 Å². The van der Waals surface area contributed by atoms with Gasteiger partial charge < -0.3 is 15.8 Å². The van der Waals surface area contributed by atoms with Crippen LogP contribution in [0.5, 0.6) is 5.75 Å². The van der Waals surface area contributed by atoms with Gasteiger partial charge in [-0.3, -0.25) is 9.00 Å². The lowest BCUT2D eigenvalue weighted by Crippen LogP contribution is -2.18. The number of rotatable bonds is 6. The molecule has 1 amide bonds. The van der Waals surface area contributed by atoms with Gasteiger partial charge in [0.1, 0.15) is 5.75 Å². The van der Waals surface area contributed by atoms with E-state index in [-0.39, 0.29) is 5.91 Å². The van der Waals surface area contributed by atoms with Gasteiger partial charge in [0.2, 0.25) is 5.91 Å². The Kier molecular flexibility index (Phi) is 5.64. The first-order valence-corrected chi connectivity index (χ1v) is 6.93. The lowest BCUT2D eigenvalue weighted by atomic mass is 10.3. The number of methoxy groups -OCH3 is 1. The number of hydrogen-bond acceptors (Lipinski definition) is 4. The van der Waals surface area contributed by atoms with Gasteiger partial charge in [0.05, 0.1) is 22.8 Å². The van der Waals surface area contributed by atoms with Gasteiger partial charge in [-0.2, -0.15) is 0 Å². The highest BCUT2D eigenvalue weighted by molar-refractivity contribution is 7.85. The zero-order valence-electron chi connectivity index (χ0n) is 10.6. The summed E-state index contributed by atoms with van der Waals surface area (Å²) >= 11 is 0. The number of carbonyl (C=O) groups excluding carboxylic acids is 1. The van der Waals surface area contributed by atoms with Crippen molar-refractivity contribution in [3.63, 3.8) is 0 Å². The summed E-state index contributed by atoms with van der Waals surface area (Å²) < 4.78 is 17.2. The van der Waals surface area contributed by atoms with Crippen LogP contribution in [0, 0.1) is 0 Å². The van der Waals surface area contributed by atoms with E-state index in [0.29, 0.717) is 34.9 Å². The van der Waals surface area contributed by atoms with E-state index in [0.717, 1.165) is 0 Å². The van der Waals surface area contributed by atoms with E-state index in [1.165, 1.54) is 7.11 Å². The summed E-state index contributed by atoms with van der Waals surface area (Å²) in [6.45, 7) is 0. The standard InChI is InChI=1S/C12H18N2O3S/c1-14-12(15)4-3-7-18(16)11-6-5-9(13)8-10(11)17-2/h5-6,8H,3-4,7,13H2,1-2H3,(H,14,15). The highest BCUT2D eigenvalue weighted by Crippen LogP contribution is 2.25. The first-order valence-electron chi connectivity index (χ1n) is 5.61. The molecule has 0 aliphatic rings. The minimum atomic E-state index is -1.18. The molecule has 0 bridgehead atoms. The second kappa shape index (κ2) is 7.00. The van der Waals surface area contributed by atoms with Crippen LogP contribution in [0.2, 0.25) is 0 Å². The number of ether oxygens (including phenoxy) is 1. The van der Waals surface area contributed by atoms with Crippen molar-refractivity contribution in [2.45, 2.75) is 17.7 Å². The van der Waals surface area contributed by atoms with Gasteiger partial charge in [0, 0.05) is 31.0 Å². The molecule has 5 nitrogen and oxygen atoms in total. The average molecular weight is 270 g/mol. The van der Waals surface area contributed by atoms with Crippen LogP contribution in [0.15, 0.2) is 23.1 Å². The van der Waals surface area contributed by atoms with Crippen LogP contribution in [0.25, 0.3) is 0 Å². The number of nitrogen functional groups attached to an aromatic ring is 1. The number of nitrogens with two attached hydrogens (primary N) is 1. The molecule has 1 atom stereocenters. The van der Waals surface area contributed by atoms with E-state index in [1.54, 1.807) is 25.2 Å². The zero-order chi connectivity index (χ0) is 13.5. The molecule has 18 heavy (non-hydrogen) atoms. The first-order chi connectivity index (χ1) is 8.58. The molecule has 0 heterocycles. The number of carbonyl (C=O) groups is 1. The fraction of sp³-hybridized carbons (Fsp3) is 0.417. The lowest BCUT2D eigenvalue weighted by molar-refractivity contribution is -0.120. The van der Waals surface area contributed by atoms with Crippen LogP contribution in [-0.2, 0) is 15.6 Å². The van der Waals surface area contributed by atoms with Gasteiger partial charge in [-0.25, -0.2) is 0 Å². The highest BCUT2D eigenvalue weighted by atomic mass is 32.2. The Morgan fingerprint density at radius 2 is 2.22 bits per heavy atom. The summed E-state index contributed by atoms with van der Waals surface area (Å²) in [6.07, 6.45) is 0.944. The summed E-state index contributed by atoms with van der Waals surface area (Å²) in [6, 6.07) is 5.03. The minimum absolute atomic E-state index is 0.0451. The third-order valence-corrected chi connectivity index (χ3v) is 3.93. The van der Waals surface area contributed by atoms with Crippen LogP contribution in [0.4, 0.5) is 5.69 Å². The maximum atomic E-state index is 12.1. The molecule has 100 valence electrons. The molecule has 1 rings (SSSR count). The van der Waals surface area contributed by atoms with Crippen LogP contribution < -0.4 is 15.8 Å². The highest BCUT2D eigenvalue weighted by Gasteiger charge is 2.11. The smallest absolute Gasteiger partial charge is 0.219 e. The van der Waals surface area contributed by atoms with Gasteiger partial charge >= 0.3 is 0 Å². The predicted octanol–water partition coefficient (Wildman–Crippen LogP) is 0.911. The molecular weight excluding hydrogens is 252 g/mol. The van der Waals surface area contributed by atoms with Crippen LogP contribution in [0.1, 0.15) is 12.8 Å². The molecule has 0 aromatic heterocycles. The molecule has 0 aliphatic heterocycles. The van der Waals surface area contributed by atoms with Gasteiger partial charge in [0.15, 0.2) is 0 Å². The van der Waals surface area contributed by atoms with E-state index in [2.05, 4.69) is 5.32 Å². The molecule has 0 saturated heterocycles. The van der Waals surface area contributed by atoms with Gasteiger partial charge in [-0.05, 0) is 18.6 Å². The van der Waals surface area contributed by atoms with Crippen molar-refractivity contribution in [2.75, 3.05) is 25.6 Å². The molecule has 6 heteroatoms. The Labute approximate surface area is 109 Å². The summed E-state index contributed by atoms with van der Waals surface area (Å²) in [5.41, 5.74) is 6.20. The average Bonchev–Trinajstić information content (AvgIpc) is 2.37. The Balaban J connectivity index is 2.64. The van der Waals surface area contributed by atoms with Crippen LogP contribution >= 0.6 is 0 Å². The van der Waals surface area contributed by atoms with E-state index < -0.39 is 10.8 Å².